The van der Waals surface area contributed by atoms with E-state index in [1.54, 1.807) is 23.7 Å². The van der Waals surface area contributed by atoms with E-state index in [9.17, 15) is 4.79 Å². The van der Waals surface area contributed by atoms with E-state index in [0.717, 1.165) is 55.2 Å². The van der Waals surface area contributed by atoms with Crippen molar-refractivity contribution in [3.05, 3.63) is 34.9 Å². The van der Waals surface area contributed by atoms with E-state index in [1.165, 1.54) is 0 Å². The third-order valence-corrected chi connectivity index (χ3v) is 4.73. The van der Waals surface area contributed by atoms with E-state index < -0.39 is 0 Å². The number of nitrogens with zero attached hydrogens (tertiary/aromatic N) is 2. The first-order valence-corrected chi connectivity index (χ1v) is 8.54. The molecule has 1 amide bonds. The lowest BCUT2D eigenvalue weighted by Gasteiger charge is -2.09. The van der Waals surface area contributed by atoms with Crippen LogP contribution in [-0.4, -0.2) is 35.5 Å². The lowest BCUT2D eigenvalue weighted by atomic mass is 10.1. The van der Waals surface area contributed by atoms with Gasteiger partial charge in [-0.3, -0.25) is 9.78 Å². The minimum Gasteiger partial charge on any atom is -0.356 e. The normalized spacial score (nSPS) is 16.1. The molecular formula is C16H22Cl2N4OS. The van der Waals surface area contributed by atoms with Gasteiger partial charge >= 0.3 is 0 Å². The lowest BCUT2D eigenvalue weighted by Crippen LogP contribution is -2.32. The minimum atomic E-state index is 0. The van der Waals surface area contributed by atoms with Crippen molar-refractivity contribution in [1.82, 2.24) is 20.6 Å². The fraction of sp³-hybridized carbons (Fsp3) is 0.438. The van der Waals surface area contributed by atoms with Crippen molar-refractivity contribution >= 4 is 42.1 Å². The Labute approximate surface area is 158 Å². The van der Waals surface area contributed by atoms with Crippen LogP contribution in [0.3, 0.4) is 0 Å². The molecule has 2 aromatic heterocycles. The Bertz CT molecular complexity index is 618. The smallest absolute Gasteiger partial charge is 0.224 e. The summed E-state index contributed by atoms with van der Waals surface area (Å²) in [7, 11) is 0. The standard InChI is InChI=1S/C16H20N4OS.2ClH/c21-16(13-5-9-18-10-13)19-6-1-2-15-20-14(11-22-15)12-3-7-17-8-4-12;;/h3-4,7-8,11,13,18H,1-2,5-6,9-10H2,(H,19,21);2*1H. The summed E-state index contributed by atoms with van der Waals surface area (Å²) in [6.45, 7) is 2.49. The molecule has 1 aliphatic rings. The van der Waals surface area contributed by atoms with Crippen molar-refractivity contribution < 1.29 is 4.79 Å². The number of hydrogen-bond acceptors (Lipinski definition) is 5. The van der Waals surface area contributed by atoms with Crippen molar-refractivity contribution in [2.45, 2.75) is 19.3 Å². The van der Waals surface area contributed by atoms with Gasteiger partial charge in [0.25, 0.3) is 0 Å². The highest BCUT2D eigenvalue weighted by Crippen LogP contribution is 2.21. The average Bonchev–Trinajstić information content (AvgIpc) is 3.24. The van der Waals surface area contributed by atoms with E-state index in [1.807, 2.05) is 12.1 Å². The summed E-state index contributed by atoms with van der Waals surface area (Å²) in [5.41, 5.74) is 2.10. The SMILES string of the molecule is Cl.Cl.O=C(NCCCc1nc(-c2ccncc2)cs1)C1CCNC1. The van der Waals surface area contributed by atoms with Crippen molar-refractivity contribution in [3.8, 4) is 11.3 Å². The molecule has 1 fully saturated rings. The minimum absolute atomic E-state index is 0. The zero-order valence-corrected chi connectivity index (χ0v) is 15.7. The number of carbonyl (C=O) groups excluding carboxylic acids is 1. The van der Waals surface area contributed by atoms with E-state index in [-0.39, 0.29) is 36.6 Å². The predicted molar refractivity (Wildman–Crippen MR) is 102 cm³/mol. The van der Waals surface area contributed by atoms with Crippen molar-refractivity contribution in [2.24, 2.45) is 5.92 Å². The molecule has 1 saturated heterocycles. The summed E-state index contributed by atoms with van der Waals surface area (Å²) in [6, 6.07) is 3.93. The van der Waals surface area contributed by atoms with Gasteiger partial charge in [-0.25, -0.2) is 4.98 Å². The molecule has 1 aliphatic heterocycles. The van der Waals surface area contributed by atoms with Gasteiger partial charge in [0.05, 0.1) is 16.6 Å². The summed E-state index contributed by atoms with van der Waals surface area (Å²) in [5, 5.41) is 9.43. The first-order valence-electron chi connectivity index (χ1n) is 7.66. The second-order valence-electron chi connectivity index (χ2n) is 5.45. The third-order valence-electron chi connectivity index (χ3n) is 3.83. The Kier molecular flexibility index (Phi) is 9.21. The molecule has 8 heteroatoms. The Morgan fingerprint density at radius 2 is 2.12 bits per heavy atom. The maximum absolute atomic E-state index is 11.9. The number of aryl methyl sites for hydroxylation is 1. The first kappa shape index (κ1) is 20.8. The molecule has 132 valence electrons. The zero-order valence-electron chi connectivity index (χ0n) is 13.2. The monoisotopic (exact) mass is 388 g/mol. The van der Waals surface area contributed by atoms with Gasteiger partial charge in [-0.15, -0.1) is 36.2 Å². The van der Waals surface area contributed by atoms with Crippen molar-refractivity contribution in [2.75, 3.05) is 19.6 Å². The van der Waals surface area contributed by atoms with E-state index >= 15 is 0 Å². The fourth-order valence-corrected chi connectivity index (χ4v) is 3.40. The fourth-order valence-electron chi connectivity index (χ4n) is 2.55. The summed E-state index contributed by atoms with van der Waals surface area (Å²) < 4.78 is 0. The molecular weight excluding hydrogens is 367 g/mol. The van der Waals surface area contributed by atoms with E-state index in [4.69, 9.17) is 0 Å². The predicted octanol–water partition coefficient (Wildman–Crippen LogP) is 2.71. The zero-order chi connectivity index (χ0) is 15.2. The lowest BCUT2D eigenvalue weighted by molar-refractivity contribution is -0.124. The number of rotatable bonds is 6. The highest BCUT2D eigenvalue weighted by atomic mass is 35.5. The Hall–Kier alpha value is -1.21. The molecule has 0 aliphatic carbocycles. The highest BCUT2D eigenvalue weighted by Gasteiger charge is 2.21. The molecule has 24 heavy (non-hydrogen) atoms. The maximum Gasteiger partial charge on any atom is 0.224 e. The summed E-state index contributed by atoms with van der Waals surface area (Å²) >= 11 is 1.67. The molecule has 2 N–H and O–H groups in total. The number of aromatic nitrogens is 2. The molecule has 0 bridgehead atoms. The van der Waals surface area contributed by atoms with Crippen LogP contribution in [-0.2, 0) is 11.2 Å². The number of hydrogen-bond donors (Lipinski definition) is 2. The van der Waals surface area contributed by atoms with Gasteiger partial charge in [0, 0.05) is 42.8 Å². The maximum atomic E-state index is 11.9. The second kappa shape index (κ2) is 10.6. The van der Waals surface area contributed by atoms with Gasteiger partial charge in [-0.1, -0.05) is 0 Å². The van der Waals surface area contributed by atoms with Crippen LogP contribution in [0.25, 0.3) is 11.3 Å². The Balaban J connectivity index is 0.00000144. The Morgan fingerprint density at radius 1 is 1.33 bits per heavy atom. The molecule has 1 unspecified atom stereocenters. The van der Waals surface area contributed by atoms with Crippen LogP contribution in [0.15, 0.2) is 29.9 Å². The van der Waals surface area contributed by atoms with Gasteiger partial charge in [-0.05, 0) is 31.5 Å². The molecule has 0 radical (unpaired) electrons. The van der Waals surface area contributed by atoms with E-state index in [0.29, 0.717) is 0 Å². The number of carbonyl (C=O) groups is 1. The van der Waals surface area contributed by atoms with Crippen LogP contribution < -0.4 is 10.6 Å². The molecule has 2 aromatic rings. The van der Waals surface area contributed by atoms with Crippen LogP contribution >= 0.6 is 36.2 Å². The molecule has 1 atom stereocenters. The molecule has 0 saturated carbocycles. The number of amides is 1. The van der Waals surface area contributed by atoms with Gasteiger partial charge in [0.2, 0.25) is 5.91 Å². The van der Waals surface area contributed by atoms with Crippen LogP contribution in [0.5, 0.6) is 0 Å². The van der Waals surface area contributed by atoms with Crippen LogP contribution in [0.1, 0.15) is 17.8 Å². The second-order valence-corrected chi connectivity index (χ2v) is 6.39. The van der Waals surface area contributed by atoms with Crippen LogP contribution in [0, 0.1) is 5.92 Å². The number of nitrogens with one attached hydrogen (secondary N) is 2. The topological polar surface area (TPSA) is 66.9 Å². The summed E-state index contributed by atoms with van der Waals surface area (Å²) in [5.74, 6) is 0.333. The molecule has 0 aromatic carbocycles. The highest BCUT2D eigenvalue weighted by molar-refractivity contribution is 7.09. The first-order chi connectivity index (χ1) is 10.8. The third kappa shape index (κ3) is 5.70. The van der Waals surface area contributed by atoms with Gasteiger partial charge in [-0.2, -0.15) is 0 Å². The van der Waals surface area contributed by atoms with Crippen LogP contribution in [0.2, 0.25) is 0 Å². The van der Waals surface area contributed by atoms with Crippen molar-refractivity contribution in [3.63, 3.8) is 0 Å². The van der Waals surface area contributed by atoms with Gasteiger partial charge < -0.3 is 10.6 Å². The Morgan fingerprint density at radius 3 is 2.83 bits per heavy atom. The molecule has 5 nitrogen and oxygen atoms in total. The number of pyridine rings is 1. The van der Waals surface area contributed by atoms with Gasteiger partial charge in [0.15, 0.2) is 0 Å². The summed E-state index contributed by atoms with van der Waals surface area (Å²) in [4.78, 5) is 20.5. The van der Waals surface area contributed by atoms with E-state index in [2.05, 4.69) is 26.0 Å². The molecule has 3 heterocycles. The number of halogens is 2. The summed E-state index contributed by atoms with van der Waals surface area (Å²) in [6.07, 6.45) is 6.34. The molecule has 0 spiro atoms. The molecule has 3 rings (SSSR count). The average molecular weight is 389 g/mol. The van der Waals surface area contributed by atoms with Gasteiger partial charge in [0.1, 0.15) is 0 Å². The quantitative estimate of drug-likeness (QED) is 0.746. The number of thiazole rings is 1. The van der Waals surface area contributed by atoms with Crippen molar-refractivity contribution in [1.29, 1.82) is 0 Å². The largest absolute Gasteiger partial charge is 0.356 e. The van der Waals surface area contributed by atoms with Crippen LogP contribution in [0.4, 0.5) is 0 Å².